The van der Waals surface area contributed by atoms with Crippen LogP contribution in [0.4, 0.5) is 10.3 Å². The van der Waals surface area contributed by atoms with Crippen LogP contribution in [-0.2, 0) is 10.0 Å². The highest BCUT2D eigenvalue weighted by atomic mass is 32.2. The molecule has 0 saturated heterocycles. The first kappa shape index (κ1) is 15.8. The number of hydrogen-bond donors (Lipinski definition) is 2. The van der Waals surface area contributed by atoms with E-state index in [1.54, 1.807) is 0 Å². The molecule has 3 rings (SSSR count). The number of aryl methyl sites for hydroxylation is 1. The fourth-order valence-electron chi connectivity index (χ4n) is 2.02. The second-order valence-corrected chi connectivity index (χ2v) is 8.57. The van der Waals surface area contributed by atoms with Crippen LogP contribution in [0.2, 0.25) is 0 Å². The van der Waals surface area contributed by atoms with Gasteiger partial charge in [0.05, 0.1) is 11.1 Å². The zero-order chi connectivity index (χ0) is 16.6. The molecule has 1 amide bonds. The van der Waals surface area contributed by atoms with Gasteiger partial charge in [-0.15, -0.1) is 21.5 Å². The summed E-state index contributed by atoms with van der Waals surface area (Å²) in [6.07, 6.45) is 1.02. The van der Waals surface area contributed by atoms with Gasteiger partial charge in [0.25, 0.3) is 5.91 Å². The first-order chi connectivity index (χ1) is 10.8. The number of carbonyl (C=O) groups excluding carboxylic acids is 1. The van der Waals surface area contributed by atoms with Gasteiger partial charge in [-0.1, -0.05) is 29.5 Å². The molecule has 0 saturated carbocycles. The Hall–Kier alpha value is -2.04. The van der Waals surface area contributed by atoms with Crippen molar-refractivity contribution in [1.29, 1.82) is 0 Å². The number of carbonyl (C=O) groups is 1. The molecule has 0 bridgehead atoms. The van der Waals surface area contributed by atoms with E-state index in [-0.39, 0.29) is 16.2 Å². The second-order valence-electron chi connectivity index (χ2n) is 4.79. The van der Waals surface area contributed by atoms with Crippen LogP contribution in [0, 0.1) is 6.92 Å². The molecule has 23 heavy (non-hydrogen) atoms. The van der Waals surface area contributed by atoms with Gasteiger partial charge in [0.1, 0.15) is 0 Å². The standard InChI is InChI=1S/C13H12N4O3S3/c1-7-8-5-3-4-6-9(8)21-10(7)11(18)14-12-15-16-13(22-12)17-23(2,19)20/h3-6H,1-2H3,(H,16,17)(H,14,15,18). The normalized spacial score (nSPS) is 11.6. The van der Waals surface area contributed by atoms with Crippen LogP contribution >= 0.6 is 22.7 Å². The predicted molar refractivity (Wildman–Crippen MR) is 92.9 cm³/mol. The zero-order valence-electron chi connectivity index (χ0n) is 12.2. The summed E-state index contributed by atoms with van der Waals surface area (Å²) < 4.78 is 25.5. The van der Waals surface area contributed by atoms with Gasteiger partial charge in [0, 0.05) is 4.70 Å². The predicted octanol–water partition coefficient (Wildman–Crippen LogP) is 2.69. The number of thiophene rings is 1. The third-order valence-corrected chi connectivity index (χ3v) is 5.69. The van der Waals surface area contributed by atoms with Gasteiger partial charge >= 0.3 is 0 Å². The number of aromatic nitrogens is 2. The second kappa shape index (κ2) is 5.87. The van der Waals surface area contributed by atoms with Crippen LogP contribution in [0.25, 0.3) is 10.1 Å². The number of benzene rings is 1. The molecule has 10 heteroatoms. The van der Waals surface area contributed by atoms with Gasteiger partial charge in [-0.25, -0.2) is 8.42 Å². The van der Waals surface area contributed by atoms with Gasteiger partial charge < -0.3 is 0 Å². The minimum Gasteiger partial charge on any atom is -0.296 e. The lowest BCUT2D eigenvalue weighted by Gasteiger charge is -1.99. The Morgan fingerprint density at radius 2 is 1.83 bits per heavy atom. The summed E-state index contributed by atoms with van der Waals surface area (Å²) in [5.74, 6) is -0.286. The first-order valence-electron chi connectivity index (χ1n) is 6.44. The number of anilines is 2. The number of sulfonamides is 1. The quantitative estimate of drug-likeness (QED) is 0.737. The van der Waals surface area contributed by atoms with Crippen molar-refractivity contribution in [2.24, 2.45) is 0 Å². The average Bonchev–Trinajstić information content (AvgIpc) is 3.02. The Bertz CT molecular complexity index is 991. The van der Waals surface area contributed by atoms with E-state index in [1.807, 2.05) is 31.2 Å². The molecule has 3 aromatic rings. The van der Waals surface area contributed by atoms with Crippen molar-refractivity contribution in [3.05, 3.63) is 34.7 Å². The van der Waals surface area contributed by atoms with Crippen molar-refractivity contribution in [1.82, 2.24) is 10.2 Å². The van der Waals surface area contributed by atoms with E-state index in [1.165, 1.54) is 11.3 Å². The molecule has 0 aliphatic heterocycles. The summed E-state index contributed by atoms with van der Waals surface area (Å²) in [7, 11) is -3.42. The van der Waals surface area contributed by atoms with E-state index in [4.69, 9.17) is 0 Å². The minimum absolute atomic E-state index is 0.107. The first-order valence-corrected chi connectivity index (χ1v) is 9.97. The highest BCUT2D eigenvalue weighted by Crippen LogP contribution is 2.31. The van der Waals surface area contributed by atoms with Gasteiger partial charge in [0.15, 0.2) is 0 Å². The average molecular weight is 368 g/mol. The molecule has 0 spiro atoms. The van der Waals surface area contributed by atoms with Gasteiger partial charge in [-0.05, 0) is 23.9 Å². The number of fused-ring (bicyclic) bond motifs is 1. The smallest absolute Gasteiger partial charge is 0.267 e. The van der Waals surface area contributed by atoms with Gasteiger partial charge in [-0.2, -0.15) is 0 Å². The number of amides is 1. The molecule has 120 valence electrons. The summed E-state index contributed by atoms with van der Waals surface area (Å²) in [4.78, 5) is 13.0. The van der Waals surface area contributed by atoms with Crippen molar-refractivity contribution < 1.29 is 13.2 Å². The number of nitrogens with zero attached hydrogens (tertiary/aromatic N) is 2. The van der Waals surface area contributed by atoms with E-state index in [2.05, 4.69) is 20.2 Å². The van der Waals surface area contributed by atoms with E-state index in [0.717, 1.165) is 33.2 Å². The van der Waals surface area contributed by atoms with Crippen molar-refractivity contribution >= 4 is 59.0 Å². The Labute approximate surface area is 140 Å². The highest BCUT2D eigenvalue weighted by molar-refractivity contribution is 7.92. The summed E-state index contributed by atoms with van der Waals surface area (Å²) in [5, 5.41) is 11.5. The molecule has 0 aliphatic rings. The molecule has 0 aliphatic carbocycles. The third-order valence-electron chi connectivity index (χ3n) is 2.97. The molecule has 0 atom stereocenters. The van der Waals surface area contributed by atoms with Crippen molar-refractivity contribution in [2.45, 2.75) is 6.92 Å². The van der Waals surface area contributed by atoms with E-state index in [9.17, 15) is 13.2 Å². The van der Waals surface area contributed by atoms with Crippen LogP contribution in [-0.4, -0.2) is 30.8 Å². The summed E-state index contributed by atoms with van der Waals surface area (Å²) in [6.45, 7) is 1.89. The van der Waals surface area contributed by atoms with Crippen molar-refractivity contribution in [2.75, 3.05) is 16.3 Å². The van der Waals surface area contributed by atoms with Crippen LogP contribution in [0.5, 0.6) is 0 Å². The minimum atomic E-state index is -3.42. The topological polar surface area (TPSA) is 101 Å². The van der Waals surface area contributed by atoms with Crippen LogP contribution in [0.15, 0.2) is 24.3 Å². The number of nitrogens with one attached hydrogen (secondary N) is 2. The Balaban J connectivity index is 1.82. The Morgan fingerprint density at radius 1 is 1.13 bits per heavy atom. The van der Waals surface area contributed by atoms with Crippen LogP contribution < -0.4 is 10.0 Å². The number of hydrogen-bond acceptors (Lipinski definition) is 7. The molecule has 0 radical (unpaired) electrons. The highest BCUT2D eigenvalue weighted by Gasteiger charge is 2.17. The zero-order valence-corrected chi connectivity index (χ0v) is 14.6. The molecule has 7 nitrogen and oxygen atoms in total. The van der Waals surface area contributed by atoms with Gasteiger partial charge in [0.2, 0.25) is 20.3 Å². The molecule has 2 heterocycles. The SMILES string of the molecule is Cc1c(C(=O)Nc2nnc(NS(C)(=O)=O)s2)sc2ccccc12. The van der Waals surface area contributed by atoms with E-state index < -0.39 is 10.0 Å². The molecule has 1 aromatic carbocycles. The number of rotatable bonds is 4. The van der Waals surface area contributed by atoms with Crippen LogP contribution in [0.3, 0.4) is 0 Å². The fourth-order valence-corrected chi connectivity index (χ4v) is 4.59. The lowest BCUT2D eigenvalue weighted by Crippen LogP contribution is -2.11. The monoisotopic (exact) mass is 368 g/mol. The molecule has 0 unspecified atom stereocenters. The maximum atomic E-state index is 12.4. The molecule has 2 N–H and O–H groups in total. The Kier molecular flexibility index (Phi) is 4.04. The van der Waals surface area contributed by atoms with E-state index in [0.29, 0.717) is 4.88 Å². The molecular weight excluding hydrogens is 356 g/mol. The lowest BCUT2D eigenvalue weighted by atomic mass is 10.1. The molecule has 2 aromatic heterocycles. The summed E-state index contributed by atoms with van der Waals surface area (Å²) in [5.41, 5.74) is 0.905. The van der Waals surface area contributed by atoms with Crippen LogP contribution in [0.1, 0.15) is 15.2 Å². The Morgan fingerprint density at radius 3 is 2.52 bits per heavy atom. The third kappa shape index (κ3) is 3.49. The van der Waals surface area contributed by atoms with Crippen molar-refractivity contribution in [3.8, 4) is 0 Å². The van der Waals surface area contributed by atoms with E-state index >= 15 is 0 Å². The lowest BCUT2D eigenvalue weighted by molar-refractivity contribution is 0.103. The van der Waals surface area contributed by atoms with Gasteiger partial charge in [-0.3, -0.25) is 14.8 Å². The fraction of sp³-hybridized carbons (Fsp3) is 0.154. The van der Waals surface area contributed by atoms with Crippen molar-refractivity contribution in [3.63, 3.8) is 0 Å². The molecular formula is C13H12N4O3S3. The summed E-state index contributed by atoms with van der Waals surface area (Å²) >= 11 is 2.36. The molecule has 0 fully saturated rings. The maximum Gasteiger partial charge on any atom is 0.267 e. The maximum absolute atomic E-state index is 12.4. The summed E-state index contributed by atoms with van der Waals surface area (Å²) in [6, 6.07) is 7.78. The largest absolute Gasteiger partial charge is 0.296 e.